The van der Waals surface area contributed by atoms with Crippen LogP contribution in [0.25, 0.3) is 0 Å². The molecular formula is C10H16NO+. The van der Waals surface area contributed by atoms with Crippen LogP contribution in [0, 0.1) is 0 Å². The van der Waals surface area contributed by atoms with E-state index < -0.39 is 0 Å². The summed E-state index contributed by atoms with van der Waals surface area (Å²) in [5.41, 5.74) is 1.32. The van der Waals surface area contributed by atoms with Crippen molar-refractivity contribution in [2.45, 2.75) is 6.54 Å². The van der Waals surface area contributed by atoms with Crippen LogP contribution in [0.1, 0.15) is 5.56 Å². The predicted molar refractivity (Wildman–Crippen MR) is 49.0 cm³/mol. The summed E-state index contributed by atoms with van der Waals surface area (Å²) in [6, 6.07) is 10.3. The van der Waals surface area contributed by atoms with Gasteiger partial charge in [0.15, 0.2) is 0 Å². The van der Waals surface area contributed by atoms with Gasteiger partial charge in [0.1, 0.15) is 13.1 Å². The molecule has 1 aromatic carbocycles. The Balaban J connectivity index is 2.41. The molecule has 66 valence electrons. The van der Waals surface area contributed by atoms with Crippen molar-refractivity contribution in [2.75, 3.05) is 20.2 Å². The second kappa shape index (κ2) is 4.91. The minimum absolute atomic E-state index is 0.263. The maximum Gasteiger partial charge on any atom is 0.103 e. The van der Waals surface area contributed by atoms with Crippen molar-refractivity contribution < 1.29 is 10.0 Å². The summed E-state index contributed by atoms with van der Waals surface area (Å²) in [4.78, 5) is 1.34. The van der Waals surface area contributed by atoms with E-state index in [0.717, 1.165) is 13.1 Å². The van der Waals surface area contributed by atoms with Crippen molar-refractivity contribution in [3.05, 3.63) is 35.9 Å². The summed E-state index contributed by atoms with van der Waals surface area (Å²) < 4.78 is 0. The molecule has 2 N–H and O–H groups in total. The maximum atomic E-state index is 8.69. The largest absolute Gasteiger partial charge is 0.391 e. The molecule has 0 aliphatic rings. The van der Waals surface area contributed by atoms with Crippen molar-refractivity contribution in [3.63, 3.8) is 0 Å². The molecule has 0 aromatic heterocycles. The van der Waals surface area contributed by atoms with E-state index >= 15 is 0 Å². The number of likely N-dealkylation sites (N-methyl/N-ethyl adjacent to an activating group) is 1. The average molecular weight is 166 g/mol. The smallest absolute Gasteiger partial charge is 0.103 e. The Hall–Kier alpha value is -0.860. The highest BCUT2D eigenvalue weighted by molar-refractivity contribution is 5.13. The Kier molecular flexibility index (Phi) is 3.77. The standard InChI is InChI=1S/C10H15NO/c1-11(7-8-12)9-10-5-3-2-4-6-10/h2-6,12H,7-9H2,1H3/p+1. The number of benzene rings is 1. The maximum absolute atomic E-state index is 8.69. The fraction of sp³-hybridized carbons (Fsp3) is 0.400. The van der Waals surface area contributed by atoms with E-state index in [4.69, 9.17) is 5.11 Å². The first-order valence-electron chi connectivity index (χ1n) is 4.29. The minimum Gasteiger partial charge on any atom is -0.391 e. The summed E-state index contributed by atoms with van der Waals surface area (Å²) in [6.45, 7) is 2.06. The van der Waals surface area contributed by atoms with E-state index in [1.165, 1.54) is 10.5 Å². The van der Waals surface area contributed by atoms with Gasteiger partial charge in [0.25, 0.3) is 0 Å². The highest BCUT2D eigenvalue weighted by Crippen LogP contribution is 1.94. The molecule has 1 rings (SSSR count). The number of nitrogens with one attached hydrogen (secondary N) is 1. The Morgan fingerprint density at radius 1 is 1.25 bits per heavy atom. The lowest BCUT2D eigenvalue weighted by atomic mass is 10.2. The molecule has 0 amide bonds. The topological polar surface area (TPSA) is 24.7 Å². The third-order valence-corrected chi connectivity index (χ3v) is 1.89. The molecule has 2 nitrogen and oxygen atoms in total. The minimum atomic E-state index is 0.263. The van der Waals surface area contributed by atoms with Gasteiger partial charge in [-0.15, -0.1) is 0 Å². The van der Waals surface area contributed by atoms with Gasteiger partial charge in [-0.25, -0.2) is 0 Å². The van der Waals surface area contributed by atoms with Gasteiger partial charge in [-0.05, 0) is 0 Å². The predicted octanol–water partition coefficient (Wildman–Crippen LogP) is -0.306. The van der Waals surface area contributed by atoms with Crippen LogP contribution in [0.5, 0.6) is 0 Å². The zero-order valence-corrected chi connectivity index (χ0v) is 7.46. The first-order chi connectivity index (χ1) is 5.83. The van der Waals surface area contributed by atoms with Crippen LogP contribution in [0.15, 0.2) is 30.3 Å². The van der Waals surface area contributed by atoms with E-state index in [1.807, 2.05) is 18.2 Å². The number of quaternary nitrogens is 1. The van der Waals surface area contributed by atoms with Crippen LogP contribution < -0.4 is 4.90 Å². The SMILES string of the molecule is C[NH+](CCO)Cc1ccccc1. The van der Waals surface area contributed by atoms with Crippen LogP contribution in [0.3, 0.4) is 0 Å². The zero-order chi connectivity index (χ0) is 8.81. The molecule has 0 aliphatic heterocycles. The third kappa shape index (κ3) is 3.03. The van der Waals surface area contributed by atoms with Gasteiger partial charge < -0.3 is 10.0 Å². The van der Waals surface area contributed by atoms with E-state index in [1.54, 1.807) is 0 Å². The fourth-order valence-electron chi connectivity index (χ4n) is 1.22. The van der Waals surface area contributed by atoms with E-state index in [0.29, 0.717) is 0 Å². The number of hydrogen-bond donors (Lipinski definition) is 2. The van der Waals surface area contributed by atoms with Crippen molar-refractivity contribution in [1.29, 1.82) is 0 Å². The van der Waals surface area contributed by atoms with E-state index in [2.05, 4.69) is 19.2 Å². The molecule has 0 spiro atoms. The summed E-state index contributed by atoms with van der Waals surface area (Å²) in [5, 5.41) is 8.69. The Morgan fingerprint density at radius 2 is 1.92 bits per heavy atom. The highest BCUT2D eigenvalue weighted by Gasteiger charge is 2.00. The van der Waals surface area contributed by atoms with Gasteiger partial charge in [-0.3, -0.25) is 0 Å². The number of aliphatic hydroxyl groups excluding tert-OH is 1. The van der Waals surface area contributed by atoms with Crippen LogP contribution in [-0.4, -0.2) is 25.3 Å². The summed E-state index contributed by atoms with van der Waals surface area (Å²) >= 11 is 0. The lowest BCUT2D eigenvalue weighted by Gasteiger charge is -2.11. The second-order valence-electron chi connectivity index (χ2n) is 3.09. The molecule has 0 saturated heterocycles. The Morgan fingerprint density at radius 3 is 2.50 bits per heavy atom. The molecule has 0 aliphatic carbocycles. The van der Waals surface area contributed by atoms with Gasteiger partial charge in [0, 0.05) is 5.56 Å². The normalized spacial score (nSPS) is 12.8. The lowest BCUT2D eigenvalue weighted by Crippen LogP contribution is -3.08. The fourth-order valence-corrected chi connectivity index (χ4v) is 1.22. The first kappa shape index (κ1) is 9.23. The Labute approximate surface area is 73.4 Å². The molecule has 0 saturated carbocycles. The molecule has 0 fully saturated rings. The summed E-state index contributed by atoms with van der Waals surface area (Å²) in [7, 11) is 2.09. The van der Waals surface area contributed by atoms with Crippen molar-refractivity contribution in [1.82, 2.24) is 0 Å². The van der Waals surface area contributed by atoms with Gasteiger partial charge in [0.05, 0.1) is 13.7 Å². The monoisotopic (exact) mass is 166 g/mol. The molecule has 1 atom stereocenters. The molecule has 0 radical (unpaired) electrons. The molecule has 1 unspecified atom stereocenters. The molecular weight excluding hydrogens is 150 g/mol. The van der Waals surface area contributed by atoms with Gasteiger partial charge in [-0.2, -0.15) is 0 Å². The van der Waals surface area contributed by atoms with Gasteiger partial charge >= 0.3 is 0 Å². The van der Waals surface area contributed by atoms with Crippen molar-refractivity contribution in [3.8, 4) is 0 Å². The van der Waals surface area contributed by atoms with Crippen molar-refractivity contribution in [2.24, 2.45) is 0 Å². The second-order valence-corrected chi connectivity index (χ2v) is 3.09. The molecule has 1 aromatic rings. The lowest BCUT2D eigenvalue weighted by molar-refractivity contribution is -0.894. The quantitative estimate of drug-likeness (QED) is 0.630. The van der Waals surface area contributed by atoms with Crippen LogP contribution in [-0.2, 0) is 6.54 Å². The zero-order valence-electron chi connectivity index (χ0n) is 7.46. The third-order valence-electron chi connectivity index (χ3n) is 1.89. The Bertz CT molecular complexity index is 210. The molecule has 12 heavy (non-hydrogen) atoms. The number of aliphatic hydroxyl groups is 1. The molecule has 2 heteroatoms. The van der Waals surface area contributed by atoms with Crippen LogP contribution in [0.2, 0.25) is 0 Å². The number of rotatable bonds is 4. The van der Waals surface area contributed by atoms with Gasteiger partial charge in [-0.1, -0.05) is 30.3 Å². The van der Waals surface area contributed by atoms with Crippen LogP contribution in [0.4, 0.5) is 0 Å². The average Bonchev–Trinajstić information content (AvgIpc) is 2.06. The van der Waals surface area contributed by atoms with E-state index in [9.17, 15) is 0 Å². The summed E-state index contributed by atoms with van der Waals surface area (Å²) in [5.74, 6) is 0. The molecule has 0 heterocycles. The first-order valence-corrected chi connectivity index (χ1v) is 4.29. The number of hydrogen-bond acceptors (Lipinski definition) is 1. The molecule has 0 bridgehead atoms. The summed E-state index contributed by atoms with van der Waals surface area (Å²) in [6.07, 6.45) is 0. The van der Waals surface area contributed by atoms with Crippen molar-refractivity contribution >= 4 is 0 Å². The van der Waals surface area contributed by atoms with Crippen LogP contribution >= 0.6 is 0 Å². The van der Waals surface area contributed by atoms with Gasteiger partial charge in [0.2, 0.25) is 0 Å². The van der Waals surface area contributed by atoms with E-state index in [-0.39, 0.29) is 6.61 Å². The highest BCUT2D eigenvalue weighted by atomic mass is 16.3.